The molecule has 2 aromatic rings. The normalized spacial score (nSPS) is 13.4. The predicted octanol–water partition coefficient (Wildman–Crippen LogP) is 3.24. The van der Waals surface area contributed by atoms with Crippen LogP contribution in [0.1, 0.15) is 23.2 Å². The van der Waals surface area contributed by atoms with Crippen molar-refractivity contribution < 1.29 is 24.0 Å². The quantitative estimate of drug-likeness (QED) is 0.215. The molecule has 2 aromatic carbocycles. The minimum Gasteiger partial charge on any atom is -0.457 e. The number of amides is 1. The van der Waals surface area contributed by atoms with Gasteiger partial charge in [0.1, 0.15) is 0 Å². The lowest BCUT2D eigenvalue weighted by atomic mass is 10.1. The third kappa shape index (κ3) is 5.41. The van der Waals surface area contributed by atoms with Gasteiger partial charge in [-0.2, -0.15) is 0 Å². The van der Waals surface area contributed by atoms with E-state index in [1.807, 2.05) is 0 Å². The first-order valence-electron chi connectivity index (χ1n) is 8.90. The Kier molecular flexibility index (Phi) is 6.61. The number of nitro groups is 1. The van der Waals surface area contributed by atoms with E-state index in [4.69, 9.17) is 4.74 Å². The van der Waals surface area contributed by atoms with Crippen LogP contribution in [0.25, 0.3) is 0 Å². The number of anilines is 1. The van der Waals surface area contributed by atoms with Gasteiger partial charge < -0.3 is 9.64 Å². The second-order valence-electron chi connectivity index (χ2n) is 6.32. The Morgan fingerprint density at radius 3 is 2.38 bits per heavy atom. The topological polar surface area (TPSA) is 107 Å². The predicted molar refractivity (Wildman–Crippen MR) is 107 cm³/mol. The van der Waals surface area contributed by atoms with Gasteiger partial charge in [-0.15, -0.1) is 11.8 Å². The van der Waals surface area contributed by atoms with Crippen molar-refractivity contribution >= 4 is 40.8 Å². The van der Waals surface area contributed by atoms with E-state index in [1.165, 1.54) is 23.9 Å². The molecule has 29 heavy (non-hydrogen) atoms. The van der Waals surface area contributed by atoms with Crippen molar-refractivity contribution in [2.24, 2.45) is 0 Å². The number of esters is 1. The molecule has 3 rings (SSSR count). The highest BCUT2D eigenvalue weighted by Gasteiger charge is 2.21. The molecule has 1 amide bonds. The fourth-order valence-corrected chi connectivity index (χ4v) is 3.52. The summed E-state index contributed by atoms with van der Waals surface area (Å²) >= 11 is 1.17. The number of ketones is 1. The lowest BCUT2D eigenvalue weighted by molar-refractivity contribution is -0.384. The van der Waals surface area contributed by atoms with Gasteiger partial charge in [0.15, 0.2) is 12.4 Å². The van der Waals surface area contributed by atoms with E-state index in [1.54, 1.807) is 41.3 Å². The van der Waals surface area contributed by atoms with Gasteiger partial charge in [0.05, 0.1) is 10.7 Å². The molecule has 1 saturated heterocycles. The van der Waals surface area contributed by atoms with Crippen molar-refractivity contribution in [2.75, 3.05) is 23.8 Å². The van der Waals surface area contributed by atoms with Crippen molar-refractivity contribution in [3.63, 3.8) is 0 Å². The number of benzene rings is 2. The minimum atomic E-state index is -0.555. The number of hydrogen-bond donors (Lipinski definition) is 0. The number of carbonyl (C=O) groups excluding carboxylic acids is 3. The molecule has 0 spiro atoms. The minimum absolute atomic E-state index is 0.0128. The van der Waals surface area contributed by atoms with E-state index in [0.717, 1.165) is 12.1 Å². The summed E-state index contributed by atoms with van der Waals surface area (Å²) in [7, 11) is 0. The molecular formula is C20H18N2O6S. The SMILES string of the molecule is O=C(CSc1ccc([N+](=O)[O-])cc1)OCC(=O)c1ccc(N2CCCC2=O)cc1. The van der Waals surface area contributed by atoms with E-state index >= 15 is 0 Å². The molecule has 0 atom stereocenters. The number of hydrogen-bond acceptors (Lipinski definition) is 7. The van der Waals surface area contributed by atoms with Gasteiger partial charge in [-0.05, 0) is 42.8 Å². The summed E-state index contributed by atoms with van der Waals surface area (Å²) < 4.78 is 5.01. The third-order valence-electron chi connectivity index (χ3n) is 4.34. The molecule has 0 unspecified atom stereocenters. The van der Waals surface area contributed by atoms with Crippen molar-refractivity contribution in [1.29, 1.82) is 0 Å². The Morgan fingerprint density at radius 1 is 1.10 bits per heavy atom. The Labute approximate surface area is 171 Å². The number of ether oxygens (including phenoxy) is 1. The number of rotatable bonds is 8. The molecule has 0 radical (unpaired) electrons. The van der Waals surface area contributed by atoms with Crippen LogP contribution in [0.4, 0.5) is 11.4 Å². The molecular weight excluding hydrogens is 396 g/mol. The van der Waals surface area contributed by atoms with Crippen molar-refractivity contribution in [2.45, 2.75) is 17.7 Å². The smallest absolute Gasteiger partial charge is 0.316 e. The largest absolute Gasteiger partial charge is 0.457 e. The second kappa shape index (κ2) is 9.33. The fraction of sp³-hybridized carbons (Fsp3) is 0.250. The summed E-state index contributed by atoms with van der Waals surface area (Å²) in [5.74, 6) is -0.830. The second-order valence-corrected chi connectivity index (χ2v) is 7.37. The average molecular weight is 414 g/mol. The molecule has 1 heterocycles. The first kappa shape index (κ1) is 20.5. The average Bonchev–Trinajstić information content (AvgIpc) is 3.16. The van der Waals surface area contributed by atoms with E-state index in [2.05, 4.69) is 0 Å². The molecule has 1 aliphatic heterocycles. The van der Waals surface area contributed by atoms with Gasteiger partial charge in [-0.25, -0.2) is 0 Å². The number of non-ortho nitro benzene ring substituents is 1. The zero-order valence-electron chi connectivity index (χ0n) is 15.4. The van der Waals surface area contributed by atoms with Gasteiger partial charge in [-0.1, -0.05) is 0 Å². The van der Waals surface area contributed by atoms with Gasteiger partial charge in [0.25, 0.3) is 5.69 Å². The highest BCUT2D eigenvalue weighted by molar-refractivity contribution is 8.00. The molecule has 0 bridgehead atoms. The van der Waals surface area contributed by atoms with Crippen LogP contribution < -0.4 is 4.90 Å². The molecule has 0 aromatic heterocycles. The summed E-state index contributed by atoms with van der Waals surface area (Å²) in [5.41, 5.74) is 1.12. The molecule has 9 heteroatoms. The van der Waals surface area contributed by atoms with Crippen LogP contribution in [-0.4, -0.2) is 41.5 Å². The molecule has 0 N–H and O–H groups in total. The maximum absolute atomic E-state index is 12.2. The van der Waals surface area contributed by atoms with E-state index in [-0.39, 0.29) is 29.7 Å². The highest BCUT2D eigenvalue weighted by atomic mass is 32.2. The highest BCUT2D eigenvalue weighted by Crippen LogP contribution is 2.23. The van der Waals surface area contributed by atoms with Crippen LogP contribution in [0.15, 0.2) is 53.4 Å². The summed E-state index contributed by atoms with van der Waals surface area (Å²) in [5, 5.41) is 10.6. The van der Waals surface area contributed by atoms with Crippen LogP contribution in [-0.2, 0) is 14.3 Å². The van der Waals surface area contributed by atoms with Crippen LogP contribution in [0.3, 0.4) is 0 Å². The summed E-state index contributed by atoms with van der Waals surface area (Å²) in [4.78, 5) is 48.3. The van der Waals surface area contributed by atoms with Crippen molar-refractivity contribution in [1.82, 2.24) is 0 Å². The summed E-state index contributed by atoms with van der Waals surface area (Å²) in [6.45, 7) is 0.303. The van der Waals surface area contributed by atoms with E-state index in [0.29, 0.717) is 23.4 Å². The fourth-order valence-electron chi connectivity index (χ4n) is 2.83. The lowest BCUT2D eigenvalue weighted by Crippen LogP contribution is -2.23. The van der Waals surface area contributed by atoms with Gasteiger partial charge in [-0.3, -0.25) is 24.5 Å². The van der Waals surface area contributed by atoms with Crippen LogP contribution in [0.5, 0.6) is 0 Å². The first-order chi connectivity index (χ1) is 13.9. The Hall–Kier alpha value is -3.20. The first-order valence-corrected chi connectivity index (χ1v) is 9.89. The molecule has 0 aliphatic carbocycles. The van der Waals surface area contributed by atoms with Crippen LogP contribution in [0, 0.1) is 10.1 Å². The Morgan fingerprint density at radius 2 is 1.79 bits per heavy atom. The standard InChI is InChI=1S/C20H18N2O6S/c23-18(14-3-5-15(6-4-14)21-11-1-2-19(21)24)12-28-20(25)13-29-17-9-7-16(8-10-17)22(26)27/h3-10H,1-2,11-13H2. The number of Topliss-reactive ketones (excluding diaryl/α,β-unsaturated/α-hetero) is 1. The van der Waals surface area contributed by atoms with Crippen LogP contribution >= 0.6 is 11.8 Å². The zero-order chi connectivity index (χ0) is 20.8. The molecule has 8 nitrogen and oxygen atoms in total. The zero-order valence-corrected chi connectivity index (χ0v) is 16.2. The molecule has 0 saturated carbocycles. The maximum Gasteiger partial charge on any atom is 0.316 e. The van der Waals surface area contributed by atoms with E-state index in [9.17, 15) is 24.5 Å². The number of nitrogens with zero attached hydrogens (tertiary/aromatic N) is 2. The van der Waals surface area contributed by atoms with Crippen molar-refractivity contribution in [3.05, 3.63) is 64.2 Å². The molecule has 1 fully saturated rings. The molecule has 150 valence electrons. The summed E-state index contributed by atoms with van der Waals surface area (Å²) in [6, 6.07) is 12.5. The van der Waals surface area contributed by atoms with Crippen molar-refractivity contribution in [3.8, 4) is 0 Å². The molecule has 1 aliphatic rings. The number of thioether (sulfide) groups is 1. The lowest BCUT2D eigenvalue weighted by Gasteiger charge is -2.15. The van der Waals surface area contributed by atoms with Crippen LogP contribution in [0.2, 0.25) is 0 Å². The maximum atomic E-state index is 12.2. The van der Waals surface area contributed by atoms with Gasteiger partial charge in [0, 0.05) is 41.2 Å². The number of nitro benzene ring substituents is 1. The van der Waals surface area contributed by atoms with Gasteiger partial charge in [0.2, 0.25) is 5.91 Å². The monoisotopic (exact) mass is 414 g/mol. The number of carbonyl (C=O) groups is 3. The Balaban J connectivity index is 1.45. The van der Waals surface area contributed by atoms with E-state index < -0.39 is 10.9 Å². The summed E-state index contributed by atoms with van der Waals surface area (Å²) in [6.07, 6.45) is 1.36. The third-order valence-corrected chi connectivity index (χ3v) is 5.33. The Bertz CT molecular complexity index is 927. The van der Waals surface area contributed by atoms with Gasteiger partial charge >= 0.3 is 5.97 Å².